The molecule has 0 aliphatic rings. The van der Waals surface area contributed by atoms with E-state index in [9.17, 15) is 9.59 Å². The van der Waals surface area contributed by atoms with Gasteiger partial charge in [0.2, 0.25) is 0 Å². The molecule has 0 aromatic rings. The fourth-order valence-electron chi connectivity index (χ4n) is 0.960. The van der Waals surface area contributed by atoms with Crippen molar-refractivity contribution in [2.45, 2.75) is 32.6 Å². The number of carboxylic acids is 1. The minimum absolute atomic E-state index is 0.0592. The first-order valence-corrected chi connectivity index (χ1v) is 3.87. The summed E-state index contributed by atoms with van der Waals surface area (Å²) in [6, 6.07) is 0. The minimum atomic E-state index is -0.826. The standard InChI is InChI=1S/C8H14O3/c1-2-3-7(6-9)4-5-8(10)11/h6-7H,2-5H2,1H3,(H,10,11)/t7-/m0/s1. The molecule has 0 heterocycles. The number of carboxylic acid groups (broad SMARTS) is 1. The van der Waals surface area contributed by atoms with Crippen LogP contribution in [0.4, 0.5) is 0 Å². The maximum absolute atomic E-state index is 10.3. The molecule has 0 amide bonds. The van der Waals surface area contributed by atoms with Gasteiger partial charge in [0.05, 0.1) is 0 Å². The van der Waals surface area contributed by atoms with Gasteiger partial charge in [0.25, 0.3) is 0 Å². The van der Waals surface area contributed by atoms with Gasteiger partial charge in [-0.2, -0.15) is 0 Å². The Bertz CT molecular complexity index is 131. The molecule has 0 unspecified atom stereocenters. The van der Waals surface area contributed by atoms with Crippen molar-refractivity contribution in [2.75, 3.05) is 0 Å². The van der Waals surface area contributed by atoms with Crippen LogP contribution in [-0.2, 0) is 9.59 Å². The molecule has 11 heavy (non-hydrogen) atoms. The lowest BCUT2D eigenvalue weighted by Gasteiger charge is -2.04. The highest BCUT2D eigenvalue weighted by Crippen LogP contribution is 2.10. The fourth-order valence-corrected chi connectivity index (χ4v) is 0.960. The van der Waals surface area contributed by atoms with E-state index in [0.717, 1.165) is 19.1 Å². The van der Waals surface area contributed by atoms with Crippen LogP contribution in [-0.4, -0.2) is 17.4 Å². The predicted molar refractivity (Wildman–Crippen MR) is 41.3 cm³/mol. The van der Waals surface area contributed by atoms with Crippen LogP contribution in [0.15, 0.2) is 0 Å². The summed E-state index contributed by atoms with van der Waals surface area (Å²) < 4.78 is 0. The molecular weight excluding hydrogens is 144 g/mol. The molecule has 0 spiro atoms. The second kappa shape index (κ2) is 5.89. The third-order valence-corrected chi connectivity index (χ3v) is 1.58. The van der Waals surface area contributed by atoms with Gasteiger partial charge in [-0.15, -0.1) is 0 Å². The van der Waals surface area contributed by atoms with Crippen molar-refractivity contribution in [1.29, 1.82) is 0 Å². The van der Waals surface area contributed by atoms with Gasteiger partial charge >= 0.3 is 5.97 Å². The van der Waals surface area contributed by atoms with E-state index in [0.29, 0.717) is 6.42 Å². The molecule has 3 nitrogen and oxygen atoms in total. The summed E-state index contributed by atoms with van der Waals surface area (Å²) in [5.41, 5.74) is 0. The largest absolute Gasteiger partial charge is 0.481 e. The lowest BCUT2D eigenvalue weighted by molar-refractivity contribution is -0.137. The van der Waals surface area contributed by atoms with Crippen LogP contribution in [0.3, 0.4) is 0 Å². The van der Waals surface area contributed by atoms with Crippen molar-refractivity contribution in [3.05, 3.63) is 0 Å². The average molecular weight is 158 g/mol. The zero-order valence-electron chi connectivity index (χ0n) is 6.75. The number of hydrogen-bond acceptors (Lipinski definition) is 2. The number of aliphatic carboxylic acids is 1. The van der Waals surface area contributed by atoms with Gasteiger partial charge in [-0.05, 0) is 12.8 Å². The number of aldehydes is 1. The Kier molecular flexibility index (Phi) is 5.43. The summed E-state index contributed by atoms with van der Waals surface area (Å²) in [5.74, 6) is -0.885. The minimum Gasteiger partial charge on any atom is -0.481 e. The van der Waals surface area contributed by atoms with Gasteiger partial charge in [0.1, 0.15) is 6.29 Å². The topological polar surface area (TPSA) is 54.4 Å². The number of carbonyl (C=O) groups excluding carboxylic acids is 1. The van der Waals surface area contributed by atoms with Crippen LogP contribution >= 0.6 is 0 Å². The molecule has 64 valence electrons. The molecule has 0 bridgehead atoms. The first-order chi connectivity index (χ1) is 5.20. The van der Waals surface area contributed by atoms with E-state index in [1.165, 1.54) is 0 Å². The zero-order chi connectivity index (χ0) is 8.69. The van der Waals surface area contributed by atoms with Crippen LogP contribution in [0, 0.1) is 5.92 Å². The van der Waals surface area contributed by atoms with Crippen molar-refractivity contribution < 1.29 is 14.7 Å². The Morgan fingerprint density at radius 3 is 2.55 bits per heavy atom. The maximum Gasteiger partial charge on any atom is 0.303 e. The first kappa shape index (κ1) is 10.1. The van der Waals surface area contributed by atoms with Crippen molar-refractivity contribution in [3.8, 4) is 0 Å². The maximum atomic E-state index is 10.3. The summed E-state index contributed by atoms with van der Waals surface area (Å²) in [6.07, 6.45) is 3.17. The average Bonchev–Trinajstić information content (AvgIpc) is 1.97. The van der Waals surface area contributed by atoms with E-state index in [-0.39, 0.29) is 12.3 Å². The molecule has 0 rings (SSSR count). The lowest BCUT2D eigenvalue weighted by atomic mass is 10.00. The van der Waals surface area contributed by atoms with Crippen LogP contribution in [0.1, 0.15) is 32.6 Å². The summed E-state index contributed by atoms with van der Waals surface area (Å²) in [5, 5.41) is 8.31. The molecule has 1 N–H and O–H groups in total. The summed E-state index contributed by atoms with van der Waals surface area (Å²) in [7, 11) is 0. The Balaban J connectivity index is 3.51. The highest BCUT2D eigenvalue weighted by molar-refractivity contribution is 5.67. The smallest absolute Gasteiger partial charge is 0.303 e. The summed E-state index contributed by atoms with van der Waals surface area (Å²) in [4.78, 5) is 20.4. The van der Waals surface area contributed by atoms with Gasteiger partial charge in [0, 0.05) is 12.3 Å². The Morgan fingerprint density at radius 2 is 2.18 bits per heavy atom. The molecule has 3 heteroatoms. The van der Waals surface area contributed by atoms with Gasteiger partial charge in [0.15, 0.2) is 0 Å². The van der Waals surface area contributed by atoms with Crippen molar-refractivity contribution in [3.63, 3.8) is 0 Å². The highest BCUT2D eigenvalue weighted by Gasteiger charge is 2.07. The molecule has 0 saturated heterocycles. The molecule has 1 atom stereocenters. The van der Waals surface area contributed by atoms with Gasteiger partial charge in [-0.25, -0.2) is 0 Å². The Hall–Kier alpha value is -0.860. The van der Waals surface area contributed by atoms with Crippen molar-refractivity contribution in [1.82, 2.24) is 0 Å². The normalized spacial score (nSPS) is 12.5. The van der Waals surface area contributed by atoms with Crippen LogP contribution in [0.2, 0.25) is 0 Å². The summed E-state index contributed by atoms with van der Waals surface area (Å²) >= 11 is 0. The third kappa shape index (κ3) is 5.58. The second-order valence-electron chi connectivity index (χ2n) is 2.62. The van der Waals surface area contributed by atoms with Crippen molar-refractivity contribution >= 4 is 12.3 Å². The monoisotopic (exact) mass is 158 g/mol. The van der Waals surface area contributed by atoms with Crippen LogP contribution < -0.4 is 0 Å². The molecule has 0 radical (unpaired) electrons. The fraction of sp³-hybridized carbons (Fsp3) is 0.750. The van der Waals surface area contributed by atoms with E-state index in [4.69, 9.17) is 5.11 Å². The quantitative estimate of drug-likeness (QED) is 0.595. The third-order valence-electron chi connectivity index (χ3n) is 1.58. The van der Waals surface area contributed by atoms with E-state index in [1.807, 2.05) is 6.92 Å². The molecular formula is C8H14O3. The number of hydrogen-bond donors (Lipinski definition) is 1. The van der Waals surface area contributed by atoms with E-state index >= 15 is 0 Å². The molecule has 0 saturated carbocycles. The predicted octanol–water partition coefficient (Wildman–Crippen LogP) is 1.47. The number of carbonyl (C=O) groups is 2. The second-order valence-corrected chi connectivity index (χ2v) is 2.62. The molecule has 0 aromatic carbocycles. The van der Waals surface area contributed by atoms with Crippen LogP contribution in [0.25, 0.3) is 0 Å². The molecule has 0 aliphatic carbocycles. The highest BCUT2D eigenvalue weighted by atomic mass is 16.4. The molecule has 0 aliphatic heterocycles. The zero-order valence-corrected chi connectivity index (χ0v) is 6.75. The van der Waals surface area contributed by atoms with Gasteiger partial charge in [-0.1, -0.05) is 13.3 Å². The van der Waals surface area contributed by atoms with Crippen molar-refractivity contribution in [2.24, 2.45) is 5.92 Å². The van der Waals surface area contributed by atoms with E-state index < -0.39 is 5.97 Å². The lowest BCUT2D eigenvalue weighted by Crippen LogP contribution is -2.05. The van der Waals surface area contributed by atoms with E-state index in [1.54, 1.807) is 0 Å². The van der Waals surface area contributed by atoms with E-state index in [2.05, 4.69) is 0 Å². The van der Waals surface area contributed by atoms with Gasteiger partial charge in [-0.3, -0.25) is 4.79 Å². The first-order valence-electron chi connectivity index (χ1n) is 3.87. The molecule has 0 aromatic heterocycles. The number of rotatable bonds is 6. The van der Waals surface area contributed by atoms with Crippen LogP contribution in [0.5, 0.6) is 0 Å². The Labute approximate surface area is 66.4 Å². The molecule has 0 fully saturated rings. The summed E-state index contributed by atoms with van der Waals surface area (Å²) in [6.45, 7) is 1.98. The Morgan fingerprint density at radius 1 is 1.55 bits per heavy atom. The SMILES string of the molecule is CCC[C@H](C=O)CCC(=O)O. The van der Waals surface area contributed by atoms with Gasteiger partial charge < -0.3 is 9.90 Å².